The number of dihydropyridines is 1. The smallest absolute Gasteiger partial charge is 0.331 e. The molecule has 0 amide bonds. The van der Waals surface area contributed by atoms with Crippen LogP contribution in [0.3, 0.4) is 0 Å². The van der Waals surface area contributed by atoms with Crippen LogP contribution in [-0.4, -0.2) is 55.2 Å². The van der Waals surface area contributed by atoms with Gasteiger partial charge in [-0.05, 0) is 71.5 Å². The first-order valence-electron chi connectivity index (χ1n) is 9.24. The normalized spacial score (nSPS) is 17.0. The molecule has 1 heterocycles. The molecule has 1 unspecified atom stereocenters. The summed E-state index contributed by atoms with van der Waals surface area (Å²) in [7, 11) is 5.18. The molecule has 1 aromatic carbocycles. The van der Waals surface area contributed by atoms with Gasteiger partial charge in [0.15, 0.2) is 5.88 Å². The van der Waals surface area contributed by atoms with E-state index in [4.69, 9.17) is 9.39 Å². The minimum atomic E-state index is -1.06. The number of hydrogen-bond donors (Lipinski definition) is 2. The zero-order valence-corrected chi connectivity index (χ0v) is 17.7. The van der Waals surface area contributed by atoms with Crippen LogP contribution in [0.4, 0.5) is 0 Å². The Hall–Kier alpha value is -2.60. The molecule has 0 spiro atoms. The first-order valence-corrected chi connectivity index (χ1v) is 9.24. The number of allylic oxidation sites excluding steroid dienone is 2. The number of likely N-dealkylation sites (N-methyl/N-ethyl adjacent to an activating group) is 1. The van der Waals surface area contributed by atoms with Crippen molar-refractivity contribution < 1.29 is 19.3 Å². The fraction of sp³-hybridized carbons (Fsp3) is 0.429. The van der Waals surface area contributed by atoms with Crippen LogP contribution in [-0.2, 0) is 4.65 Å². The molecule has 0 aromatic heterocycles. The second kappa shape index (κ2) is 8.83. The van der Waals surface area contributed by atoms with Gasteiger partial charge in [-0.3, -0.25) is 9.69 Å². The topological polar surface area (TPSA) is 94.8 Å². The van der Waals surface area contributed by atoms with Gasteiger partial charge in [0.25, 0.3) is 0 Å². The van der Waals surface area contributed by atoms with Gasteiger partial charge in [0.1, 0.15) is 18.2 Å². The number of nitrogens with zero attached hydrogens (tertiary/aromatic N) is 2. The van der Waals surface area contributed by atoms with Crippen molar-refractivity contribution in [3.8, 4) is 11.8 Å². The Labute approximate surface area is 172 Å². The quantitative estimate of drug-likeness (QED) is 0.508. The summed E-state index contributed by atoms with van der Waals surface area (Å²) in [4.78, 5) is 13.4. The molecule has 2 rings (SSSR count). The van der Waals surface area contributed by atoms with E-state index in [1.54, 1.807) is 58.0 Å². The van der Waals surface area contributed by atoms with E-state index < -0.39 is 11.2 Å². The first kappa shape index (κ1) is 22.7. The highest BCUT2D eigenvalue weighted by molar-refractivity contribution is 6.49. The SMILES string of the molecule is CN(C)C1NC(Oc2ccc([B]OC(C)(C)C(C)(C)O)c(C=O)c2)=CC=C1C#N. The van der Waals surface area contributed by atoms with Crippen molar-refractivity contribution in [1.29, 1.82) is 5.26 Å². The van der Waals surface area contributed by atoms with Crippen molar-refractivity contribution in [1.82, 2.24) is 10.2 Å². The highest BCUT2D eigenvalue weighted by Gasteiger charge is 2.35. The third kappa shape index (κ3) is 5.48. The Balaban J connectivity index is 2.15. The molecule has 1 aliphatic rings. The van der Waals surface area contributed by atoms with Crippen molar-refractivity contribution in [3.05, 3.63) is 47.4 Å². The maximum atomic E-state index is 11.6. The average molecular weight is 396 g/mol. The third-order valence-electron chi connectivity index (χ3n) is 5.00. The Morgan fingerprint density at radius 3 is 2.52 bits per heavy atom. The van der Waals surface area contributed by atoms with Gasteiger partial charge in [-0.2, -0.15) is 5.26 Å². The van der Waals surface area contributed by atoms with Crippen LogP contribution in [0.2, 0.25) is 0 Å². The molecule has 0 saturated heterocycles. The van der Waals surface area contributed by atoms with E-state index in [0.717, 1.165) is 6.29 Å². The van der Waals surface area contributed by atoms with E-state index in [1.807, 2.05) is 19.0 Å². The molecular formula is C21H27BN3O4. The molecule has 0 aliphatic carbocycles. The molecule has 1 aliphatic heterocycles. The summed E-state index contributed by atoms with van der Waals surface area (Å²) in [6.45, 7) is 6.87. The van der Waals surface area contributed by atoms with Gasteiger partial charge >= 0.3 is 7.48 Å². The number of aldehydes is 1. The van der Waals surface area contributed by atoms with E-state index in [2.05, 4.69) is 11.4 Å². The summed E-state index contributed by atoms with van der Waals surface area (Å²) < 4.78 is 11.6. The van der Waals surface area contributed by atoms with E-state index >= 15 is 0 Å². The van der Waals surface area contributed by atoms with Crippen molar-refractivity contribution in [2.24, 2.45) is 0 Å². The van der Waals surface area contributed by atoms with Crippen molar-refractivity contribution in [2.75, 3.05) is 14.1 Å². The van der Waals surface area contributed by atoms with Crippen LogP contribution in [0, 0.1) is 11.3 Å². The van der Waals surface area contributed by atoms with Gasteiger partial charge in [0, 0.05) is 5.56 Å². The van der Waals surface area contributed by atoms with E-state index in [9.17, 15) is 15.2 Å². The summed E-state index contributed by atoms with van der Waals surface area (Å²) in [5.41, 5.74) is -0.361. The summed E-state index contributed by atoms with van der Waals surface area (Å²) in [5.74, 6) is 0.937. The van der Waals surface area contributed by atoms with Crippen molar-refractivity contribution in [2.45, 2.75) is 45.1 Å². The summed E-state index contributed by atoms with van der Waals surface area (Å²) in [6.07, 6.45) is 3.80. The van der Waals surface area contributed by atoms with Crippen LogP contribution in [0.15, 0.2) is 41.8 Å². The fourth-order valence-electron chi connectivity index (χ4n) is 2.39. The number of benzene rings is 1. The molecule has 0 saturated carbocycles. The van der Waals surface area contributed by atoms with Gasteiger partial charge in [-0.1, -0.05) is 6.07 Å². The largest absolute Gasteiger partial charge is 0.441 e. The Morgan fingerprint density at radius 2 is 1.97 bits per heavy atom. The second-order valence-electron chi connectivity index (χ2n) is 8.09. The lowest BCUT2D eigenvalue weighted by atomic mass is 9.80. The van der Waals surface area contributed by atoms with Crippen LogP contribution < -0.4 is 15.5 Å². The standard InChI is InChI=1S/C21H27BN3O4/c1-20(2,27)21(3,4)29-22-17-9-8-16(11-15(17)13-26)28-18-10-7-14(12-23)19(24-18)25(5)6/h7-11,13,19,24,27H,1-6H3. The van der Waals surface area contributed by atoms with E-state index in [1.165, 1.54) is 7.48 Å². The first-order chi connectivity index (χ1) is 13.5. The zero-order chi connectivity index (χ0) is 21.8. The van der Waals surface area contributed by atoms with Gasteiger partial charge in [0.05, 0.1) is 22.8 Å². The minimum absolute atomic E-state index is 0.296. The van der Waals surface area contributed by atoms with Crippen LogP contribution in [0.5, 0.6) is 5.75 Å². The van der Waals surface area contributed by atoms with Crippen LogP contribution in [0.25, 0.3) is 0 Å². The Bertz CT molecular complexity index is 864. The molecule has 0 bridgehead atoms. The highest BCUT2D eigenvalue weighted by atomic mass is 16.5. The molecule has 29 heavy (non-hydrogen) atoms. The summed E-state index contributed by atoms with van der Waals surface area (Å²) in [6, 6.07) is 7.19. The fourth-order valence-corrected chi connectivity index (χ4v) is 2.39. The summed E-state index contributed by atoms with van der Waals surface area (Å²) >= 11 is 0. The second-order valence-corrected chi connectivity index (χ2v) is 8.09. The number of nitriles is 1. The Morgan fingerprint density at radius 1 is 1.28 bits per heavy atom. The van der Waals surface area contributed by atoms with E-state index in [-0.39, 0.29) is 6.17 Å². The number of carbonyl (C=O) groups is 1. The maximum Gasteiger partial charge on any atom is 0.331 e. The molecule has 1 radical (unpaired) electrons. The molecule has 153 valence electrons. The van der Waals surface area contributed by atoms with Gasteiger partial charge < -0.3 is 19.8 Å². The van der Waals surface area contributed by atoms with Gasteiger partial charge in [-0.15, -0.1) is 0 Å². The predicted octanol–water partition coefficient (Wildman–Crippen LogP) is 1.47. The molecule has 1 atom stereocenters. The molecule has 7 nitrogen and oxygen atoms in total. The molecule has 1 aromatic rings. The maximum absolute atomic E-state index is 11.6. The molecule has 8 heteroatoms. The number of carbonyl (C=O) groups excluding carboxylic acids is 1. The lowest BCUT2D eigenvalue weighted by Gasteiger charge is -2.37. The zero-order valence-electron chi connectivity index (χ0n) is 17.7. The number of rotatable bonds is 8. The molecule has 0 fully saturated rings. The molecule has 2 N–H and O–H groups in total. The average Bonchev–Trinajstić information content (AvgIpc) is 2.65. The monoisotopic (exact) mass is 396 g/mol. The van der Waals surface area contributed by atoms with Crippen LogP contribution >= 0.6 is 0 Å². The lowest BCUT2D eigenvalue weighted by Crippen LogP contribution is -2.49. The minimum Gasteiger partial charge on any atom is -0.441 e. The predicted molar refractivity (Wildman–Crippen MR) is 112 cm³/mol. The number of hydrogen-bond acceptors (Lipinski definition) is 7. The summed E-state index contributed by atoms with van der Waals surface area (Å²) in [5, 5.41) is 22.6. The number of nitrogens with one attached hydrogen (secondary N) is 1. The Kier molecular flexibility index (Phi) is 6.91. The third-order valence-corrected chi connectivity index (χ3v) is 5.00. The van der Waals surface area contributed by atoms with Gasteiger partial charge in [-0.25, -0.2) is 0 Å². The van der Waals surface area contributed by atoms with E-state index in [0.29, 0.717) is 28.2 Å². The lowest BCUT2D eigenvalue weighted by molar-refractivity contribution is -0.0893. The molecular weight excluding hydrogens is 369 g/mol. The van der Waals surface area contributed by atoms with Crippen molar-refractivity contribution >= 4 is 19.2 Å². The highest BCUT2D eigenvalue weighted by Crippen LogP contribution is 2.24. The van der Waals surface area contributed by atoms with Crippen molar-refractivity contribution in [3.63, 3.8) is 0 Å². The van der Waals surface area contributed by atoms with Gasteiger partial charge in [0.2, 0.25) is 0 Å². The van der Waals surface area contributed by atoms with Crippen LogP contribution in [0.1, 0.15) is 38.1 Å². The number of aliphatic hydroxyl groups is 1. The number of ether oxygens (including phenoxy) is 1.